The molecule has 0 aliphatic rings. The molecular weight excluding hydrogens is 304 g/mol. The van der Waals surface area contributed by atoms with E-state index in [-0.39, 0.29) is 5.75 Å². The van der Waals surface area contributed by atoms with Crippen LogP contribution >= 0.6 is 12.2 Å². The molecule has 0 amide bonds. The molecule has 0 unspecified atom stereocenters. The molecule has 1 aromatic heterocycles. The van der Waals surface area contributed by atoms with Gasteiger partial charge in [0.1, 0.15) is 0 Å². The van der Waals surface area contributed by atoms with E-state index in [0.29, 0.717) is 21.8 Å². The van der Waals surface area contributed by atoms with Gasteiger partial charge in [0.05, 0.1) is 20.4 Å². The van der Waals surface area contributed by atoms with E-state index in [2.05, 4.69) is 22.2 Å². The first-order valence-corrected chi connectivity index (χ1v) is 7.17. The van der Waals surface area contributed by atoms with Crippen molar-refractivity contribution >= 4 is 18.4 Å². The number of hydrogen-bond donors (Lipinski definition) is 2. The van der Waals surface area contributed by atoms with Crippen molar-refractivity contribution in [2.45, 2.75) is 19.8 Å². The van der Waals surface area contributed by atoms with Gasteiger partial charge in [-0.15, -0.1) is 0 Å². The van der Waals surface area contributed by atoms with E-state index < -0.39 is 0 Å². The first kappa shape index (κ1) is 16.0. The summed E-state index contributed by atoms with van der Waals surface area (Å²) in [5.74, 6) is 1.34. The minimum atomic E-state index is -0.0475. The minimum absolute atomic E-state index is 0.0475. The van der Waals surface area contributed by atoms with Crippen molar-refractivity contribution in [1.82, 2.24) is 14.9 Å². The predicted octanol–water partition coefficient (Wildman–Crippen LogP) is 2.50. The Morgan fingerprint density at radius 3 is 2.55 bits per heavy atom. The smallest absolute Gasteiger partial charge is 0.216 e. The Bertz CT molecular complexity index is 711. The van der Waals surface area contributed by atoms with Gasteiger partial charge in [0.2, 0.25) is 10.5 Å². The van der Waals surface area contributed by atoms with Crippen molar-refractivity contribution in [1.29, 1.82) is 0 Å². The monoisotopic (exact) mass is 322 g/mol. The highest BCUT2D eigenvalue weighted by atomic mass is 32.1. The topological polar surface area (TPSA) is 84.7 Å². The Morgan fingerprint density at radius 1 is 1.36 bits per heavy atom. The molecule has 22 heavy (non-hydrogen) atoms. The summed E-state index contributed by atoms with van der Waals surface area (Å²) in [6, 6.07) is 3.31. The van der Waals surface area contributed by atoms with Gasteiger partial charge in [-0.05, 0) is 30.8 Å². The maximum atomic E-state index is 9.89. The van der Waals surface area contributed by atoms with Crippen molar-refractivity contribution in [3.63, 3.8) is 0 Å². The Kier molecular flexibility index (Phi) is 5.16. The molecule has 118 valence electrons. The van der Waals surface area contributed by atoms with Gasteiger partial charge in [-0.25, -0.2) is 0 Å². The minimum Gasteiger partial charge on any atom is -0.502 e. The Labute approximate surface area is 133 Å². The van der Waals surface area contributed by atoms with Gasteiger partial charge in [-0.2, -0.15) is 14.9 Å². The van der Waals surface area contributed by atoms with Crippen LogP contribution in [0.3, 0.4) is 0 Å². The molecule has 8 heteroatoms. The number of rotatable bonds is 6. The van der Waals surface area contributed by atoms with Crippen LogP contribution in [-0.2, 0) is 6.42 Å². The number of nitrogens with zero attached hydrogens (tertiary/aromatic N) is 3. The summed E-state index contributed by atoms with van der Waals surface area (Å²) in [5, 5.41) is 21.1. The summed E-state index contributed by atoms with van der Waals surface area (Å²) in [4.78, 5) is 0. The normalized spacial score (nSPS) is 11.0. The number of aromatic nitrogens is 3. The number of ether oxygens (including phenoxy) is 2. The van der Waals surface area contributed by atoms with Crippen LogP contribution in [0.5, 0.6) is 17.2 Å². The summed E-state index contributed by atoms with van der Waals surface area (Å²) in [5.41, 5.74) is 0.706. The number of aromatic hydroxyl groups is 1. The van der Waals surface area contributed by atoms with Crippen molar-refractivity contribution in [2.75, 3.05) is 14.2 Å². The third-order valence-corrected chi connectivity index (χ3v) is 3.28. The molecule has 2 rings (SSSR count). The number of hydrogen-bond acceptors (Lipinski definition) is 6. The fraction of sp³-hybridized carbons (Fsp3) is 0.357. The fourth-order valence-corrected chi connectivity index (χ4v) is 2.14. The summed E-state index contributed by atoms with van der Waals surface area (Å²) < 4.78 is 12.2. The van der Waals surface area contributed by atoms with Crippen LogP contribution in [0.4, 0.5) is 0 Å². The van der Waals surface area contributed by atoms with Crippen molar-refractivity contribution in [3.8, 4) is 17.2 Å². The molecule has 0 saturated heterocycles. The average Bonchev–Trinajstić information content (AvgIpc) is 2.87. The van der Waals surface area contributed by atoms with Crippen molar-refractivity contribution < 1.29 is 14.6 Å². The molecule has 0 bridgehead atoms. The fourth-order valence-electron chi connectivity index (χ4n) is 1.94. The standard InChI is InChI=1S/C14H18N4O3S/c1-4-5-12-16-17-14(22)18(12)15-8-9-6-10(20-2)13(19)11(7-9)21-3/h6-8,19H,4-5H2,1-3H3,(H,17,22)/b15-8-. The zero-order chi connectivity index (χ0) is 16.1. The third-order valence-electron chi connectivity index (χ3n) is 3.02. The zero-order valence-corrected chi connectivity index (χ0v) is 13.5. The molecule has 0 spiro atoms. The summed E-state index contributed by atoms with van der Waals surface area (Å²) in [6.07, 6.45) is 3.32. The van der Waals surface area contributed by atoms with Gasteiger partial charge in [0, 0.05) is 12.0 Å². The number of aryl methyl sites for hydroxylation is 1. The van der Waals surface area contributed by atoms with Crippen LogP contribution in [0.15, 0.2) is 17.2 Å². The van der Waals surface area contributed by atoms with E-state index in [4.69, 9.17) is 21.7 Å². The number of nitrogens with one attached hydrogen (secondary N) is 1. The SMILES string of the molecule is CCCc1n[nH]c(=S)n1/N=C\c1cc(OC)c(O)c(OC)c1. The van der Waals surface area contributed by atoms with E-state index in [1.807, 2.05) is 0 Å². The van der Waals surface area contributed by atoms with Crippen LogP contribution in [-0.4, -0.2) is 40.4 Å². The molecule has 1 aromatic carbocycles. The molecule has 0 aliphatic heterocycles. The lowest BCUT2D eigenvalue weighted by Gasteiger charge is -2.09. The molecular formula is C14H18N4O3S. The van der Waals surface area contributed by atoms with Crippen molar-refractivity contribution in [3.05, 3.63) is 28.3 Å². The molecule has 0 fully saturated rings. The quantitative estimate of drug-likeness (QED) is 0.630. The molecule has 0 saturated carbocycles. The van der Waals surface area contributed by atoms with Crippen LogP contribution in [0.2, 0.25) is 0 Å². The zero-order valence-electron chi connectivity index (χ0n) is 12.7. The summed E-state index contributed by atoms with van der Waals surface area (Å²) >= 11 is 5.16. The van der Waals surface area contributed by atoms with Gasteiger partial charge in [-0.1, -0.05) is 6.92 Å². The van der Waals surface area contributed by atoms with E-state index in [1.165, 1.54) is 14.2 Å². The van der Waals surface area contributed by atoms with E-state index in [9.17, 15) is 5.11 Å². The second kappa shape index (κ2) is 7.08. The van der Waals surface area contributed by atoms with E-state index in [1.54, 1.807) is 23.0 Å². The van der Waals surface area contributed by atoms with Crippen LogP contribution in [0.1, 0.15) is 24.7 Å². The van der Waals surface area contributed by atoms with E-state index >= 15 is 0 Å². The van der Waals surface area contributed by atoms with Crippen molar-refractivity contribution in [2.24, 2.45) is 5.10 Å². The van der Waals surface area contributed by atoms with Gasteiger partial charge in [-0.3, -0.25) is 5.10 Å². The maximum absolute atomic E-state index is 9.89. The number of aromatic amines is 1. The number of benzene rings is 1. The lowest BCUT2D eigenvalue weighted by Crippen LogP contribution is -1.99. The first-order valence-electron chi connectivity index (χ1n) is 6.76. The summed E-state index contributed by atoms with van der Waals surface area (Å²) in [6.45, 7) is 2.06. The molecule has 7 nitrogen and oxygen atoms in total. The molecule has 0 radical (unpaired) electrons. The predicted molar refractivity (Wildman–Crippen MR) is 85.6 cm³/mol. The lowest BCUT2D eigenvalue weighted by atomic mass is 10.2. The average molecular weight is 322 g/mol. The van der Waals surface area contributed by atoms with Gasteiger partial charge < -0.3 is 14.6 Å². The van der Waals surface area contributed by atoms with Crippen LogP contribution in [0.25, 0.3) is 0 Å². The number of methoxy groups -OCH3 is 2. The molecule has 2 N–H and O–H groups in total. The highest BCUT2D eigenvalue weighted by Gasteiger charge is 2.10. The molecule has 2 aromatic rings. The second-order valence-corrected chi connectivity index (χ2v) is 4.91. The lowest BCUT2D eigenvalue weighted by molar-refractivity contribution is 0.340. The number of phenols is 1. The van der Waals surface area contributed by atoms with Gasteiger partial charge in [0.25, 0.3) is 0 Å². The van der Waals surface area contributed by atoms with E-state index in [0.717, 1.165) is 18.7 Å². The number of phenolic OH excluding ortho intramolecular Hbond substituents is 1. The molecule has 0 atom stereocenters. The number of H-pyrrole nitrogens is 1. The Morgan fingerprint density at radius 2 is 2.00 bits per heavy atom. The van der Waals surface area contributed by atoms with Crippen LogP contribution in [0, 0.1) is 4.77 Å². The van der Waals surface area contributed by atoms with Gasteiger partial charge >= 0.3 is 0 Å². The highest BCUT2D eigenvalue weighted by molar-refractivity contribution is 7.71. The van der Waals surface area contributed by atoms with Gasteiger partial charge in [0.15, 0.2) is 17.3 Å². The Balaban J connectivity index is 2.38. The third kappa shape index (κ3) is 3.28. The highest BCUT2D eigenvalue weighted by Crippen LogP contribution is 2.36. The van der Waals surface area contributed by atoms with Crippen LogP contribution < -0.4 is 9.47 Å². The molecule has 0 aliphatic carbocycles. The molecule has 1 heterocycles. The largest absolute Gasteiger partial charge is 0.502 e. The second-order valence-electron chi connectivity index (χ2n) is 4.53. The Hall–Kier alpha value is -2.35. The maximum Gasteiger partial charge on any atom is 0.216 e. The first-order chi connectivity index (χ1) is 10.6. The summed E-state index contributed by atoms with van der Waals surface area (Å²) in [7, 11) is 2.95.